The van der Waals surface area contributed by atoms with Crippen LogP contribution in [-0.4, -0.2) is 54.3 Å². The number of likely N-dealkylation sites (tertiary alicyclic amines) is 1. The van der Waals surface area contributed by atoms with Crippen molar-refractivity contribution in [2.75, 3.05) is 13.1 Å². The number of primary amides is 1. The van der Waals surface area contributed by atoms with Gasteiger partial charge in [-0.25, -0.2) is 4.98 Å². The summed E-state index contributed by atoms with van der Waals surface area (Å²) in [5, 5.41) is 8.71. The molecule has 0 bridgehead atoms. The minimum atomic E-state index is -0.408. The van der Waals surface area contributed by atoms with Crippen molar-refractivity contribution in [3.63, 3.8) is 0 Å². The average molecular weight is 367 g/mol. The molecule has 2 amide bonds. The van der Waals surface area contributed by atoms with E-state index < -0.39 is 5.91 Å². The average Bonchev–Trinajstić information content (AvgIpc) is 3.27. The van der Waals surface area contributed by atoms with Crippen molar-refractivity contribution >= 4 is 22.8 Å². The fourth-order valence-corrected chi connectivity index (χ4v) is 3.59. The molecule has 3 aromatic rings. The maximum atomic E-state index is 12.7. The summed E-state index contributed by atoms with van der Waals surface area (Å²) in [6, 6.07) is 7.54. The third-order valence-electron chi connectivity index (χ3n) is 4.82. The van der Waals surface area contributed by atoms with Gasteiger partial charge in [0.2, 0.25) is 11.8 Å². The van der Waals surface area contributed by atoms with Crippen molar-refractivity contribution in [2.24, 2.45) is 5.73 Å². The van der Waals surface area contributed by atoms with E-state index in [-0.39, 0.29) is 24.9 Å². The Labute approximate surface area is 155 Å². The Hall–Kier alpha value is -3.23. The van der Waals surface area contributed by atoms with Gasteiger partial charge in [0.1, 0.15) is 29.9 Å². The van der Waals surface area contributed by atoms with Crippen LogP contribution in [0.1, 0.15) is 24.6 Å². The highest BCUT2D eigenvalue weighted by Gasteiger charge is 2.28. The zero-order chi connectivity index (χ0) is 18.8. The van der Waals surface area contributed by atoms with Gasteiger partial charge in [0.05, 0.1) is 0 Å². The predicted octanol–water partition coefficient (Wildman–Crippen LogP) is 0.519. The van der Waals surface area contributed by atoms with Crippen LogP contribution >= 0.6 is 0 Å². The van der Waals surface area contributed by atoms with Crippen molar-refractivity contribution in [3.05, 3.63) is 42.5 Å². The van der Waals surface area contributed by atoms with Crippen LogP contribution < -0.4 is 5.73 Å². The van der Waals surface area contributed by atoms with E-state index in [0.29, 0.717) is 13.1 Å². The second-order valence-electron chi connectivity index (χ2n) is 6.78. The SMILES string of the molecule is NC(=O)Cn1ccnc1[C@H]1CCCN(C(=O)Cn2nc3ccccc3n2)C1. The first-order valence-electron chi connectivity index (χ1n) is 8.97. The van der Waals surface area contributed by atoms with Gasteiger partial charge >= 0.3 is 0 Å². The summed E-state index contributed by atoms with van der Waals surface area (Å²) in [5.74, 6) is 0.457. The topological polar surface area (TPSA) is 112 Å². The lowest BCUT2D eigenvalue weighted by atomic mass is 9.97. The number of hydrogen-bond acceptors (Lipinski definition) is 5. The van der Waals surface area contributed by atoms with E-state index in [1.165, 1.54) is 4.80 Å². The maximum Gasteiger partial charge on any atom is 0.246 e. The van der Waals surface area contributed by atoms with Crippen molar-refractivity contribution in [3.8, 4) is 0 Å². The molecular weight excluding hydrogens is 346 g/mol. The fraction of sp³-hybridized carbons (Fsp3) is 0.389. The van der Waals surface area contributed by atoms with E-state index in [1.807, 2.05) is 29.2 Å². The lowest BCUT2D eigenvalue weighted by Gasteiger charge is -2.32. The molecule has 0 radical (unpaired) electrons. The van der Waals surface area contributed by atoms with E-state index in [2.05, 4.69) is 15.2 Å². The molecule has 0 spiro atoms. The third kappa shape index (κ3) is 3.67. The summed E-state index contributed by atoms with van der Waals surface area (Å²) in [5.41, 5.74) is 6.85. The van der Waals surface area contributed by atoms with Crippen LogP contribution in [0.2, 0.25) is 0 Å². The zero-order valence-electron chi connectivity index (χ0n) is 14.9. The number of amides is 2. The largest absolute Gasteiger partial charge is 0.368 e. The molecule has 27 heavy (non-hydrogen) atoms. The fourth-order valence-electron chi connectivity index (χ4n) is 3.59. The summed E-state index contributed by atoms with van der Waals surface area (Å²) < 4.78 is 1.77. The molecule has 0 saturated carbocycles. The van der Waals surface area contributed by atoms with E-state index in [0.717, 1.165) is 29.7 Å². The monoisotopic (exact) mass is 367 g/mol. The standard InChI is InChI=1S/C18H21N7O2/c19-16(26)11-24-9-7-20-18(24)13-4-3-8-23(10-13)17(27)12-25-21-14-5-1-2-6-15(14)22-25/h1-2,5-7,9,13H,3-4,8,10-12H2,(H2,19,26)/t13-/m0/s1. The van der Waals surface area contributed by atoms with Crippen LogP contribution in [0.5, 0.6) is 0 Å². The normalized spacial score (nSPS) is 17.3. The van der Waals surface area contributed by atoms with Crippen LogP contribution in [0.15, 0.2) is 36.7 Å². The summed E-state index contributed by atoms with van der Waals surface area (Å²) in [6.07, 6.45) is 5.22. The molecule has 9 heteroatoms. The van der Waals surface area contributed by atoms with Gasteiger partial charge in [-0.2, -0.15) is 15.0 Å². The Bertz CT molecular complexity index is 944. The smallest absolute Gasteiger partial charge is 0.246 e. The molecule has 1 aromatic carbocycles. The summed E-state index contributed by atoms with van der Waals surface area (Å²) >= 11 is 0. The van der Waals surface area contributed by atoms with Crippen molar-refractivity contribution in [2.45, 2.75) is 31.8 Å². The minimum Gasteiger partial charge on any atom is -0.368 e. The summed E-state index contributed by atoms with van der Waals surface area (Å²) in [7, 11) is 0. The first-order chi connectivity index (χ1) is 13.1. The Kier molecular flexibility index (Phi) is 4.57. The highest BCUT2D eigenvalue weighted by atomic mass is 16.2. The van der Waals surface area contributed by atoms with Crippen molar-refractivity contribution in [1.29, 1.82) is 0 Å². The predicted molar refractivity (Wildman–Crippen MR) is 97.5 cm³/mol. The Morgan fingerprint density at radius 2 is 1.89 bits per heavy atom. The zero-order valence-corrected chi connectivity index (χ0v) is 14.9. The number of rotatable bonds is 5. The number of hydrogen-bond donors (Lipinski definition) is 1. The van der Waals surface area contributed by atoms with Gasteiger partial charge in [0.25, 0.3) is 0 Å². The molecule has 3 heterocycles. The van der Waals surface area contributed by atoms with E-state index >= 15 is 0 Å². The molecule has 1 atom stereocenters. The molecular formula is C18H21N7O2. The van der Waals surface area contributed by atoms with Gasteiger partial charge in [0.15, 0.2) is 0 Å². The second kappa shape index (κ2) is 7.18. The van der Waals surface area contributed by atoms with Gasteiger partial charge < -0.3 is 15.2 Å². The lowest BCUT2D eigenvalue weighted by Crippen LogP contribution is -2.41. The van der Waals surface area contributed by atoms with Crippen LogP contribution in [0.25, 0.3) is 11.0 Å². The number of imidazole rings is 1. The number of carbonyl (C=O) groups excluding carboxylic acids is 2. The van der Waals surface area contributed by atoms with Crippen molar-refractivity contribution in [1.82, 2.24) is 29.4 Å². The molecule has 140 valence electrons. The van der Waals surface area contributed by atoms with Crippen molar-refractivity contribution < 1.29 is 9.59 Å². The number of nitrogens with two attached hydrogens (primary N) is 1. The minimum absolute atomic E-state index is 0.0204. The van der Waals surface area contributed by atoms with Gasteiger partial charge in [-0.15, -0.1) is 0 Å². The molecule has 0 aliphatic carbocycles. The van der Waals surface area contributed by atoms with Gasteiger partial charge in [-0.3, -0.25) is 9.59 Å². The number of piperidine rings is 1. The second-order valence-corrected chi connectivity index (χ2v) is 6.78. The van der Waals surface area contributed by atoms with Gasteiger partial charge in [-0.1, -0.05) is 12.1 Å². The molecule has 2 aromatic heterocycles. The number of aromatic nitrogens is 5. The van der Waals surface area contributed by atoms with E-state index in [9.17, 15) is 9.59 Å². The lowest BCUT2D eigenvalue weighted by molar-refractivity contribution is -0.133. The van der Waals surface area contributed by atoms with E-state index in [4.69, 9.17) is 5.73 Å². The van der Waals surface area contributed by atoms with Crippen LogP contribution in [-0.2, 0) is 22.7 Å². The van der Waals surface area contributed by atoms with Gasteiger partial charge in [-0.05, 0) is 25.0 Å². The van der Waals surface area contributed by atoms with Crippen LogP contribution in [0.4, 0.5) is 0 Å². The number of fused-ring (bicyclic) bond motifs is 1. The summed E-state index contributed by atoms with van der Waals surface area (Å²) in [4.78, 5) is 31.7. The number of benzene rings is 1. The highest BCUT2D eigenvalue weighted by Crippen LogP contribution is 2.26. The first-order valence-corrected chi connectivity index (χ1v) is 8.97. The quantitative estimate of drug-likeness (QED) is 0.706. The Morgan fingerprint density at radius 1 is 1.15 bits per heavy atom. The highest BCUT2D eigenvalue weighted by molar-refractivity contribution is 5.77. The van der Waals surface area contributed by atoms with E-state index in [1.54, 1.807) is 17.0 Å². The Morgan fingerprint density at radius 3 is 2.59 bits per heavy atom. The molecule has 4 rings (SSSR count). The molecule has 1 aliphatic heterocycles. The molecule has 9 nitrogen and oxygen atoms in total. The van der Waals surface area contributed by atoms with Crippen LogP contribution in [0.3, 0.4) is 0 Å². The summed E-state index contributed by atoms with van der Waals surface area (Å²) in [6.45, 7) is 1.47. The molecule has 1 saturated heterocycles. The van der Waals surface area contributed by atoms with Crippen LogP contribution in [0, 0.1) is 0 Å². The number of nitrogens with zero attached hydrogens (tertiary/aromatic N) is 6. The third-order valence-corrected chi connectivity index (χ3v) is 4.82. The molecule has 2 N–H and O–H groups in total. The first kappa shape index (κ1) is 17.2. The molecule has 1 fully saturated rings. The number of carbonyl (C=O) groups is 2. The maximum absolute atomic E-state index is 12.7. The molecule has 0 unspecified atom stereocenters. The Balaban J connectivity index is 1.45. The van der Waals surface area contributed by atoms with Gasteiger partial charge in [0, 0.05) is 31.4 Å². The molecule has 1 aliphatic rings.